The van der Waals surface area contributed by atoms with Crippen LogP contribution in [-0.2, 0) is 17.6 Å². The molecule has 4 rings (SSSR count). The number of ether oxygens (including phenoxy) is 2. The molecule has 4 heteroatoms. The van der Waals surface area contributed by atoms with Crippen LogP contribution >= 0.6 is 0 Å². The molecule has 1 aromatic carbocycles. The maximum atomic E-state index is 13.7. The monoisotopic (exact) mass is 506 g/mol. The van der Waals surface area contributed by atoms with E-state index in [1.165, 1.54) is 17.6 Å². The largest absolute Gasteiger partial charge is 0.507 e. The number of esters is 1. The first-order valence-electron chi connectivity index (χ1n) is 13.9. The number of aromatic hydroxyl groups is 1. The van der Waals surface area contributed by atoms with Crippen molar-refractivity contribution in [3.05, 3.63) is 57.7 Å². The predicted molar refractivity (Wildman–Crippen MR) is 150 cm³/mol. The molecular formula is C33H46O4. The van der Waals surface area contributed by atoms with E-state index in [2.05, 4.69) is 73.6 Å². The van der Waals surface area contributed by atoms with Gasteiger partial charge in [0.15, 0.2) is 0 Å². The Kier molecular flexibility index (Phi) is 7.20. The van der Waals surface area contributed by atoms with Crippen LogP contribution in [0.1, 0.15) is 108 Å². The van der Waals surface area contributed by atoms with Crippen molar-refractivity contribution in [3.63, 3.8) is 0 Å². The molecule has 202 valence electrons. The van der Waals surface area contributed by atoms with Gasteiger partial charge in [0.05, 0.1) is 0 Å². The summed E-state index contributed by atoms with van der Waals surface area (Å²) in [6.07, 6.45) is 13.4. The van der Waals surface area contributed by atoms with Crippen molar-refractivity contribution in [3.8, 4) is 11.5 Å². The fourth-order valence-corrected chi connectivity index (χ4v) is 6.81. The Morgan fingerprint density at radius 2 is 1.81 bits per heavy atom. The fourth-order valence-electron chi connectivity index (χ4n) is 6.81. The molecule has 2 aliphatic carbocycles. The first-order valence-corrected chi connectivity index (χ1v) is 13.9. The summed E-state index contributed by atoms with van der Waals surface area (Å²) in [5, 5.41) is 11.5. The van der Waals surface area contributed by atoms with Gasteiger partial charge in [-0.15, -0.1) is 0 Å². The first kappa shape index (κ1) is 27.5. The number of carbonyl (C=O) groups is 1. The summed E-state index contributed by atoms with van der Waals surface area (Å²) >= 11 is 0. The van der Waals surface area contributed by atoms with Crippen molar-refractivity contribution in [1.29, 1.82) is 0 Å². The van der Waals surface area contributed by atoms with E-state index >= 15 is 0 Å². The van der Waals surface area contributed by atoms with Crippen LogP contribution in [0.5, 0.6) is 11.5 Å². The molecule has 0 amide bonds. The highest BCUT2D eigenvalue weighted by molar-refractivity contribution is 5.96. The number of allylic oxidation sites excluding steroid dienone is 5. The molecule has 4 unspecified atom stereocenters. The van der Waals surface area contributed by atoms with Gasteiger partial charge in [-0.2, -0.15) is 0 Å². The highest BCUT2D eigenvalue weighted by Crippen LogP contribution is 2.66. The molecule has 37 heavy (non-hydrogen) atoms. The Morgan fingerprint density at radius 3 is 2.38 bits per heavy atom. The van der Waals surface area contributed by atoms with Crippen LogP contribution in [0.2, 0.25) is 0 Å². The summed E-state index contributed by atoms with van der Waals surface area (Å²) in [6.45, 7) is 19.2. The molecule has 0 saturated heterocycles. The van der Waals surface area contributed by atoms with Crippen molar-refractivity contribution >= 4 is 5.97 Å². The van der Waals surface area contributed by atoms with E-state index in [4.69, 9.17) is 9.47 Å². The second-order valence-corrected chi connectivity index (χ2v) is 13.1. The van der Waals surface area contributed by atoms with Crippen LogP contribution in [0.15, 0.2) is 35.5 Å². The lowest BCUT2D eigenvalue weighted by Crippen LogP contribution is -2.38. The molecular weight excluding hydrogens is 460 g/mol. The topological polar surface area (TPSA) is 55.8 Å². The third-order valence-corrected chi connectivity index (χ3v) is 9.87. The molecule has 1 N–H and O–H groups in total. The summed E-state index contributed by atoms with van der Waals surface area (Å²) < 4.78 is 12.9. The number of benzene rings is 1. The summed E-state index contributed by atoms with van der Waals surface area (Å²) in [4.78, 5) is 13.7. The van der Waals surface area contributed by atoms with Crippen LogP contribution in [0.3, 0.4) is 0 Å². The number of phenols is 1. The van der Waals surface area contributed by atoms with Crippen LogP contribution < -0.4 is 4.74 Å². The maximum absolute atomic E-state index is 13.7. The smallest absolute Gasteiger partial charge is 0.342 e. The van der Waals surface area contributed by atoms with Crippen molar-refractivity contribution in [2.75, 3.05) is 0 Å². The van der Waals surface area contributed by atoms with E-state index in [0.717, 1.165) is 36.0 Å². The molecule has 0 spiro atoms. The van der Waals surface area contributed by atoms with Crippen molar-refractivity contribution in [2.45, 2.75) is 113 Å². The molecule has 4 nitrogen and oxygen atoms in total. The number of fused-ring (bicyclic) bond motifs is 3. The van der Waals surface area contributed by atoms with Crippen LogP contribution in [0.4, 0.5) is 0 Å². The van der Waals surface area contributed by atoms with E-state index in [1.54, 1.807) is 0 Å². The highest BCUT2D eigenvalue weighted by Gasteiger charge is 2.63. The predicted octanol–water partition coefficient (Wildman–Crippen LogP) is 8.19. The van der Waals surface area contributed by atoms with E-state index in [9.17, 15) is 9.90 Å². The molecule has 1 aliphatic heterocycles. The van der Waals surface area contributed by atoms with E-state index in [-0.39, 0.29) is 22.7 Å². The minimum Gasteiger partial charge on any atom is -0.507 e. The van der Waals surface area contributed by atoms with Crippen molar-refractivity contribution in [2.24, 2.45) is 16.7 Å². The SMILES string of the molecule is CC(C)=CC=CC1(C)CCc2c(O)c(C(=O)OC3CC4CCC3(C)C4(C)C)c(C)c(CC=C(C)C)c2O1. The van der Waals surface area contributed by atoms with E-state index < -0.39 is 11.6 Å². The van der Waals surface area contributed by atoms with Gasteiger partial charge in [0.1, 0.15) is 28.8 Å². The molecule has 2 bridgehead atoms. The van der Waals surface area contributed by atoms with Gasteiger partial charge < -0.3 is 14.6 Å². The normalized spacial score (nSPS) is 29.5. The van der Waals surface area contributed by atoms with Gasteiger partial charge in [-0.25, -0.2) is 4.79 Å². The van der Waals surface area contributed by atoms with Crippen LogP contribution in [-0.4, -0.2) is 22.8 Å². The average molecular weight is 507 g/mol. The van der Waals surface area contributed by atoms with Gasteiger partial charge in [-0.05, 0) is 103 Å². The van der Waals surface area contributed by atoms with Crippen molar-refractivity contribution < 1.29 is 19.4 Å². The first-order chi connectivity index (χ1) is 17.2. The molecule has 2 fully saturated rings. The number of hydrogen-bond donors (Lipinski definition) is 1. The number of rotatable bonds is 6. The number of carbonyl (C=O) groups excluding carboxylic acids is 1. The lowest BCUT2D eigenvalue weighted by molar-refractivity contribution is -0.0245. The standard InChI is InChI=1S/C33H46O4/c1-20(2)11-10-16-32(8)17-15-25-28(34)27(22(5)24(29(25)37-32)13-12-21(3)4)30(35)36-26-19-23-14-18-33(26,9)31(23,6)7/h10-12,16,23,26,34H,13-15,17-19H2,1-9H3. The molecule has 0 radical (unpaired) electrons. The fraction of sp³-hybridized carbons (Fsp3) is 0.606. The highest BCUT2D eigenvalue weighted by atomic mass is 16.5. The average Bonchev–Trinajstić information content (AvgIpc) is 3.12. The Bertz CT molecular complexity index is 1180. The van der Waals surface area contributed by atoms with Gasteiger partial charge in [0.25, 0.3) is 0 Å². The lowest BCUT2D eigenvalue weighted by Gasteiger charge is -2.39. The molecule has 3 aliphatic rings. The summed E-state index contributed by atoms with van der Waals surface area (Å²) in [5.41, 5.74) is 4.81. The second kappa shape index (κ2) is 9.67. The quantitative estimate of drug-likeness (QED) is 0.240. The summed E-state index contributed by atoms with van der Waals surface area (Å²) in [7, 11) is 0. The summed E-state index contributed by atoms with van der Waals surface area (Å²) in [5.74, 6) is 0.920. The lowest BCUT2D eigenvalue weighted by atomic mass is 9.70. The third kappa shape index (κ3) is 4.77. The minimum atomic E-state index is -0.483. The Labute approximate surface area is 223 Å². The Hall–Kier alpha value is -2.49. The van der Waals surface area contributed by atoms with E-state index in [0.29, 0.717) is 30.1 Å². The Morgan fingerprint density at radius 1 is 1.11 bits per heavy atom. The zero-order valence-corrected chi connectivity index (χ0v) is 24.4. The molecule has 1 heterocycles. The van der Waals surface area contributed by atoms with Gasteiger partial charge in [0, 0.05) is 16.5 Å². The zero-order valence-electron chi connectivity index (χ0n) is 24.4. The molecule has 2 saturated carbocycles. The number of phenolic OH excluding ortho intramolecular Hbond substituents is 1. The maximum Gasteiger partial charge on any atom is 0.342 e. The molecule has 4 atom stereocenters. The zero-order chi connectivity index (χ0) is 27.3. The van der Waals surface area contributed by atoms with Gasteiger partial charge in [-0.3, -0.25) is 0 Å². The van der Waals surface area contributed by atoms with E-state index in [1.807, 2.05) is 13.0 Å². The van der Waals surface area contributed by atoms with Gasteiger partial charge in [0.2, 0.25) is 0 Å². The van der Waals surface area contributed by atoms with Gasteiger partial charge >= 0.3 is 5.97 Å². The second-order valence-electron chi connectivity index (χ2n) is 13.1. The Balaban J connectivity index is 1.72. The third-order valence-electron chi connectivity index (χ3n) is 9.87. The molecule has 0 aromatic heterocycles. The number of hydrogen-bond acceptors (Lipinski definition) is 4. The minimum absolute atomic E-state index is 0.0290. The summed E-state index contributed by atoms with van der Waals surface area (Å²) in [6, 6.07) is 0. The van der Waals surface area contributed by atoms with Gasteiger partial charge in [-0.1, -0.05) is 50.1 Å². The van der Waals surface area contributed by atoms with Crippen LogP contribution in [0.25, 0.3) is 0 Å². The molecule has 1 aromatic rings. The van der Waals surface area contributed by atoms with Crippen LogP contribution in [0, 0.1) is 23.7 Å². The van der Waals surface area contributed by atoms with Crippen molar-refractivity contribution in [1.82, 2.24) is 0 Å².